The number of nitrogens with zero attached hydrogens (tertiary/aromatic N) is 4. The maximum atomic E-state index is 4.45. The predicted molar refractivity (Wildman–Crippen MR) is 57.8 cm³/mol. The zero-order chi connectivity index (χ0) is 10.5. The van der Waals surface area contributed by atoms with Crippen molar-refractivity contribution in [3.63, 3.8) is 0 Å². The lowest BCUT2D eigenvalue weighted by Crippen LogP contribution is -2.09. The molecule has 4 nitrogen and oxygen atoms in total. The van der Waals surface area contributed by atoms with Gasteiger partial charge in [-0.2, -0.15) is 0 Å². The molecule has 0 bridgehead atoms. The summed E-state index contributed by atoms with van der Waals surface area (Å²) in [6.07, 6.45) is 6.96. The molecule has 0 amide bonds. The third-order valence-corrected chi connectivity index (χ3v) is 3.57. The van der Waals surface area contributed by atoms with Crippen LogP contribution in [0, 0.1) is 0 Å². The Labute approximate surface area is 92.8 Å². The summed E-state index contributed by atoms with van der Waals surface area (Å²) in [5, 5.41) is 8.07. The van der Waals surface area contributed by atoms with Crippen LogP contribution in [-0.4, -0.2) is 20.2 Å². The molecule has 2 aliphatic rings. The Bertz CT molecular complexity index is 579. The van der Waals surface area contributed by atoms with Crippen LogP contribution in [-0.2, 0) is 6.42 Å². The minimum absolute atomic E-state index is 0.415. The second-order valence-corrected chi connectivity index (χ2v) is 4.37. The highest BCUT2D eigenvalue weighted by molar-refractivity contribution is 5.72. The van der Waals surface area contributed by atoms with Crippen molar-refractivity contribution in [2.75, 3.05) is 0 Å². The Morgan fingerprint density at radius 2 is 2.19 bits per heavy atom. The zero-order valence-electron chi connectivity index (χ0n) is 8.72. The minimum Gasteiger partial charge on any atom is -0.254 e. The van der Waals surface area contributed by atoms with E-state index in [2.05, 4.69) is 26.2 Å². The Hall–Kier alpha value is -1.84. The van der Waals surface area contributed by atoms with E-state index in [1.165, 1.54) is 17.5 Å². The highest BCUT2D eigenvalue weighted by Crippen LogP contribution is 2.47. The number of hydrogen-bond acceptors (Lipinski definition) is 4. The van der Waals surface area contributed by atoms with E-state index in [1.807, 2.05) is 6.20 Å². The lowest BCUT2D eigenvalue weighted by atomic mass is 9.84. The largest absolute Gasteiger partial charge is 0.254 e. The Kier molecular flexibility index (Phi) is 1.48. The molecule has 0 radical (unpaired) electrons. The van der Waals surface area contributed by atoms with E-state index >= 15 is 0 Å². The smallest absolute Gasteiger partial charge is 0.138 e. The third-order valence-electron chi connectivity index (χ3n) is 3.57. The fourth-order valence-electron chi connectivity index (χ4n) is 2.93. The van der Waals surface area contributed by atoms with Gasteiger partial charge in [-0.05, 0) is 36.5 Å². The number of rotatable bonds is 0. The van der Waals surface area contributed by atoms with Crippen LogP contribution >= 0.6 is 0 Å². The van der Waals surface area contributed by atoms with Gasteiger partial charge in [0, 0.05) is 12.1 Å². The summed E-state index contributed by atoms with van der Waals surface area (Å²) in [4.78, 5) is 8.84. The van der Waals surface area contributed by atoms with E-state index in [-0.39, 0.29) is 0 Å². The highest BCUT2D eigenvalue weighted by atomic mass is 15.1. The normalized spacial score (nSPS) is 20.4. The quantitative estimate of drug-likeness (QED) is 0.664. The van der Waals surface area contributed by atoms with Crippen LogP contribution in [0.4, 0.5) is 0 Å². The first-order valence-electron chi connectivity index (χ1n) is 5.61. The van der Waals surface area contributed by atoms with E-state index in [4.69, 9.17) is 0 Å². The zero-order valence-corrected chi connectivity index (χ0v) is 8.72. The van der Waals surface area contributed by atoms with Crippen molar-refractivity contribution >= 4 is 0 Å². The van der Waals surface area contributed by atoms with Crippen molar-refractivity contribution in [2.24, 2.45) is 0 Å². The standard InChI is InChI=1S/C12H10N4/c1-2-7-4-5-13-11-9(7)8(3-1)10-12(11)16-15-6-14-10/h4-6,8H,1-3H2. The average Bonchev–Trinajstić information content (AvgIpc) is 2.68. The summed E-state index contributed by atoms with van der Waals surface area (Å²) in [5.41, 5.74) is 5.76. The molecule has 78 valence electrons. The molecule has 1 atom stereocenters. The van der Waals surface area contributed by atoms with Gasteiger partial charge in [0.1, 0.15) is 12.0 Å². The second kappa shape index (κ2) is 2.84. The van der Waals surface area contributed by atoms with Crippen molar-refractivity contribution in [3.8, 4) is 11.4 Å². The van der Waals surface area contributed by atoms with Gasteiger partial charge in [-0.25, -0.2) is 4.98 Å². The predicted octanol–water partition coefficient (Wildman–Crippen LogP) is 1.72. The van der Waals surface area contributed by atoms with Crippen LogP contribution in [0.5, 0.6) is 0 Å². The van der Waals surface area contributed by atoms with E-state index in [0.29, 0.717) is 5.92 Å². The number of aryl methyl sites for hydroxylation is 1. The topological polar surface area (TPSA) is 51.6 Å². The SMILES string of the molecule is c1cc2c3c(n1)-c1nncnc1C3CCC2. The molecular weight excluding hydrogens is 200 g/mol. The van der Waals surface area contributed by atoms with Gasteiger partial charge in [-0.15, -0.1) is 10.2 Å². The van der Waals surface area contributed by atoms with E-state index in [9.17, 15) is 0 Å². The summed E-state index contributed by atoms with van der Waals surface area (Å²) in [5.74, 6) is 0.415. The molecule has 0 spiro atoms. The van der Waals surface area contributed by atoms with Gasteiger partial charge in [0.05, 0.1) is 11.4 Å². The number of fused-ring (bicyclic) bond motifs is 3. The van der Waals surface area contributed by atoms with Gasteiger partial charge in [0.2, 0.25) is 0 Å². The first-order chi connectivity index (χ1) is 7.95. The van der Waals surface area contributed by atoms with Gasteiger partial charge in [-0.1, -0.05) is 0 Å². The molecule has 0 saturated heterocycles. The molecule has 16 heavy (non-hydrogen) atoms. The Balaban J connectivity index is 2.10. The van der Waals surface area contributed by atoms with Crippen LogP contribution in [0.3, 0.4) is 0 Å². The van der Waals surface area contributed by atoms with E-state index in [1.54, 1.807) is 6.33 Å². The van der Waals surface area contributed by atoms with Crippen LogP contribution in [0.15, 0.2) is 18.6 Å². The molecule has 0 fully saturated rings. The number of aromatic nitrogens is 4. The molecule has 2 aromatic rings. The maximum Gasteiger partial charge on any atom is 0.138 e. The molecule has 0 aliphatic heterocycles. The molecule has 0 aromatic carbocycles. The molecule has 4 heteroatoms. The van der Waals surface area contributed by atoms with Gasteiger partial charge >= 0.3 is 0 Å². The second-order valence-electron chi connectivity index (χ2n) is 4.37. The van der Waals surface area contributed by atoms with E-state index in [0.717, 1.165) is 29.9 Å². The summed E-state index contributed by atoms with van der Waals surface area (Å²) in [6, 6.07) is 2.13. The Morgan fingerprint density at radius 3 is 3.19 bits per heavy atom. The summed E-state index contributed by atoms with van der Waals surface area (Å²) >= 11 is 0. The van der Waals surface area contributed by atoms with Crippen molar-refractivity contribution in [3.05, 3.63) is 35.4 Å². The lowest BCUT2D eigenvalue weighted by Gasteiger charge is -2.20. The molecule has 4 rings (SSSR count). The molecule has 1 unspecified atom stereocenters. The molecular formula is C12H10N4. The summed E-state index contributed by atoms with van der Waals surface area (Å²) < 4.78 is 0. The molecule has 0 saturated carbocycles. The lowest BCUT2D eigenvalue weighted by molar-refractivity contribution is 0.612. The van der Waals surface area contributed by atoms with Crippen LogP contribution in [0.2, 0.25) is 0 Å². The van der Waals surface area contributed by atoms with E-state index < -0.39 is 0 Å². The molecule has 0 N–H and O–H groups in total. The van der Waals surface area contributed by atoms with Crippen molar-refractivity contribution in [1.29, 1.82) is 0 Å². The monoisotopic (exact) mass is 210 g/mol. The first-order valence-corrected chi connectivity index (χ1v) is 5.61. The first kappa shape index (κ1) is 8.33. The molecule has 2 heterocycles. The van der Waals surface area contributed by atoms with Crippen molar-refractivity contribution in [1.82, 2.24) is 20.2 Å². The third kappa shape index (κ3) is 0.894. The average molecular weight is 210 g/mol. The van der Waals surface area contributed by atoms with Crippen LogP contribution in [0.25, 0.3) is 11.4 Å². The maximum absolute atomic E-state index is 4.45. The Morgan fingerprint density at radius 1 is 1.19 bits per heavy atom. The minimum atomic E-state index is 0.415. The molecule has 2 aromatic heterocycles. The number of pyridine rings is 1. The summed E-state index contributed by atoms with van der Waals surface area (Å²) in [7, 11) is 0. The van der Waals surface area contributed by atoms with Gasteiger partial charge in [0.15, 0.2) is 0 Å². The van der Waals surface area contributed by atoms with Crippen LogP contribution < -0.4 is 0 Å². The fraction of sp³-hybridized carbons (Fsp3) is 0.333. The van der Waals surface area contributed by atoms with Crippen molar-refractivity contribution < 1.29 is 0 Å². The fourth-order valence-corrected chi connectivity index (χ4v) is 2.93. The van der Waals surface area contributed by atoms with Crippen molar-refractivity contribution in [2.45, 2.75) is 25.2 Å². The number of hydrogen-bond donors (Lipinski definition) is 0. The van der Waals surface area contributed by atoms with Gasteiger partial charge < -0.3 is 0 Å². The highest BCUT2D eigenvalue weighted by Gasteiger charge is 2.36. The van der Waals surface area contributed by atoms with Gasteiger partial charge in [-0.3, -0.25) is 4.98 Å². The summed E-state index contributed by atoms with van der Waals surface area (Å²) in [6.45, 7) is 0. The van der Waals surface area contributed by atoms with Gasteiger partial charge in [0.25, 0.3) is 0 Å². The molecule has 2 aliphatic carbocycles. The van der Waals surface area contributed by atoms with Crippen LogP contribution in [0.1, 0.15) is 35.6 Å².